The lowest BCUT2D eigenvalue weighted by molar-refractivity contribution is 0.0775. The third-order valence-electron chi connectivity index (χ3n) is 6.17. The maximum absolute atomic E-state index is 13.1. The highest BCUT2D eigenvalue weighted by molar-refractivity contribution is 5.99. The highest BCUT2D eigenvalue weighted by atomic mass is 16.2. The number of nitrogens with zero attached hydrogens (tertiary/aromatic N) is 1. The van der Waals surface area contributed by atoms with Gasteiger partial charge in [-0.3, -0.25) is 14.4 Å². The summed E-state index contributed by atoms with van der Waals surface area (Å²) in [5, 5.41) is 4.07. The van der Waals surface area contributed by atoms with Crippen molar-refractivity contribution in [3.05, 3.63) is 59.5 Å². The van der Waals surface area contributed by atoms with Gasteiger partial charge in [-0.2, -0.15) is 0 Å². The van der Waals surface area contributed by atoms with E-state index in [4.69, 9.17) is 5.73 Å². The number of H-pyrrole nitrogens is 2. The number of carbonyl (C=O) groups is 3. The first-order valence-corrected chi connectivity index (χ1v) is 10.2. The fourth-order valence-electron chi connectivity index (χ4n) is 4.43. The smallest absolute Gasteiger partial charge is 0.270 e. The molecule has 0 radical (unpaired) electrons. The quantitative estimate of drug-likeness (QED) is 0.518. The lowest BCUT2D eigenvalue weighted by Crippen LogP contribution is -2.41. The minimum Gasteiger partial charge on any atom is -0.364 e. The standard InChI is InChI=1S/C22H23N5O3/c23-20(28)17-8-14(9-24-17)21(29)26-19-11-27(10-15(19)12-5-6-12)22(30)18-7-13-3-1-2-4-16(13)25-18/h1-4,7-9,12,15,19,24-25H,5-6,10-11H2,(H2,23,28)(H,26,29)/t15-,19+/m0/s1. The number of hydrogen-bond donors (Lipinski definition) is 4. The van der Waals surface area contributed by atoms with Crippen LogP contribution in [0.5, 0.6) is 0 Å². The van der Waals surface area contributed by atoms with E-state index in [1.807, 2.05) is 35.2 Å². The van der Waals surface area contributed by atoms with Crippen LogP contribution in [0.2, 0.25) is 0 Å². The van der Waals surface area contributed by atoms with E-state index in [-0.39, 0.29) is 29.5 Å². The maximum atomic E-state index is 13.1. The lowest BCUT2D eigenvalue weighted by Gasteiger charge is -2.18. The zero-order valence-electron chi connectivity index (χ0n) is 16.4. The molecule has 5 rings (SSSR count). The van der Waals surface area contributed by atoms with Crippen LogP contribution < -0.4 is 11.1 Å². The van der Waals surface area contributed by atoms with Gasteiger partial charge in [0.15, 0.2) is 0 Å². The number of fused-ring (bicyclic) bond motifs is 1. The fourth-order valence-corrected chi connectivity index (χ4v) is 4.43. The number of primary amides is 1. The summed E-state index contributed by atoms with van der Waals surface area (Å²) in [4.78, 5) is 44.8. The molecule has 0 unspecified atom stereocenters. The summed E-state index contributed by atoms with van der Waals surface area (Å²) in [6, 6.07) is 11.0. The van der Waals surface area contributed by atoms with Crippen molar-refractivity contribution < 1.29 is 14.4 Å². The topological polar surface area (TPSA) is 124 Å². The molecule has 2 fully saturated rings. The average Bonchev–Trinajstić information content (AvgIpc) is 3.16. The van der Waals surface area contributed by atoms with Gasteiger partial charge in [0, 0.05) is 36.1 Å². The third kappa shape index (κ3) is 3.34. The van der Waals surface area contributed by atoms with Crippen LogP contribution in [-0.4, -0.2) is 51.7 Å². The Bertz CT molecular complexity index is 1110. The fraction of sp³-hybridized carbons (Fsp3) is 0.318. The molecule has 3 heterocycles. The van der Waals surface area contributed by atoms with E-state index in [1.54, 1.807) is 0 Å². The summed E-state index contributed by atoms with van der Waals surface area (Å²) < 4.78 is 0. The summed E-state index contributed by atoms with van der Waals surface area (Å²) in [6.07, 6.45) is 3.73. The van der Waals surface area contributed by atoms with Crippen molar-refractivity contribution in [2.45, 2.75) is 18.9 Å². The molecule has 5 N–H and O–H groups in total. The number of nitrogens with one attached hydrogen (secondary N) is 3. The number of aromatic amines is 2. The SMILES string of the molecule is NC(=O)c1cc(C(=O)N[C@@H]2CN(C(=O)c3cc4ccccc4[nH]3)C[C@H]2C2CC2)c[nH]1. The molecule has 3 aromatic rings. The van der Waals surface area contributed by atoms with Crippen molar-refractivity contribution in [3.63, 3.8) is 0 Å². The molecule has 1 aliphatic heterocycles. The number of nitrogens with two attached hydrogens (primary N) is 1. The number of rotatable bonds is 5. The predicted octanol–water partition coefficient (Wildman–Crippen LogP) is 1.88. The highest BCUT2D eigenvalue weighted by Gasteiger charge is 2.44. The summed E-state index contributed by atoms with van der Waals surface area (Å²) in [5.41, 5.74) is 7.30. The zero-order chi connectivity index (χ0) is 20.8. The highest BCUT2D eigenvalue weighted by Crippen LogP contribution is 2.41. The monoisotopic (exact) mass is 405 g/mol. The predicted molar refractivity (Wildman–Crippen MR) is 111 cm³/mol. The van der Waals surface area contributed by atoms with Crippen LogP contribution >= 0.6 is 0 Å². The van der Waals surface area contributed by atoms with Gasteiger partial charge in [0.25, 0.3) is 17.7 Å². The van der Waals surface area contributed by atoms with Crippen molar-refractivity contribution in [2.75, 3.05) is 13.1 Å². The van der Waals surface area contributed by atoms with Gasteiger partial charge in [-0.1, -0.05) is 18.2 Å². The van der Waals surface area contributed by atoms with Crippen LogP contribution in [0.25, 0.3) is 10.9 Å². The minimum absolute atomic E-state index is 0.0498. The largest absolute Gasteiger partial charge is 0.364 e. The Morgan fingerprint density at radius 2 is 1.87 bits per heavy atom. The first-order chi connectivity index (χ1) is 14.5. The van der Waals surface area contributed by atoms with E-state index in [2.05, 4.69) is 15.3 Å². The second-order valence-electron chi connectivity index (χ2n) is 8.23. The molecule has 1 saturated carbocycles. The normalized spacial score (nSPS) is 21.1. The van der Waals surface area contributed by atoms with Crippen molar-refractivity contribution >= 4 is 28.6 Å². The summed E-state index contributed by atoms with van der Waals surface area (Å²) in [7, 11) is 0. The second-order valence-corrected chi connectivity index (χ2v) is 8.23. The van der Waals surface area contributed by atoms with Gasteiger partial charge >= 0.3 is 0 Å². The second kappa shape index (κ2) is 7.05. The van der Waals surface area contributed by atoms with Crippen LogP contribution in [0.15, 0.2) is 42.6 Å². The van der Waals surface area contributed by atoms with Crippen molar-refractivity contribution in [1.29, 1.82) is 0 Å². The van der Waals surface area contributed by atoms with Crippen LogP contribution in [0, 0.1) is 11.8 Å². The van der Waals surface area contributed by atoms with Crippen LogP contribution in [0.3, 0.4) is 0 Å². The Morgan fingerprint density at radius 3 is 2.57 bits per heavy atom. The van der Waals surface area contributed by atoms with E-state index < -0.39 is 5.91 Å². The molecular weight excluding hydrogens is 382 g/mol. The Labute approximate surface area is 172 Å². The summed E-state index contributed by atoms with van der Waals surface area (Å²) in [5.74, 6) is -0.165. The van der Waals surface area contributed by atoms with Gasteiger partial charge in [-0.15, -0.1) is 0 Å². The Kier molecular flexibility index (Phi) is 4.34. The van der Waals surface area contributed by atoms with Crippen molar-refractivity contribution in [1.82, 2.24) is 20.2 Å². The number of carbonyl (C=O) groups excluding carboxylic acids is 3. The minimum atomic E-state index is -0.610. The van der Waals surface area contributed by atoms with Crippen LogP contribution in [-0.2, 0) is 0 Å². The Balaban J connectivity index is 1.32. The van der Waals surface area contributed by atoms with Gasteiger partial charge in [0.2, 0.25) is 0 Å². The number of amides is 3. The molecule has 2 aromatic heterocycles. The van der Waals surface area contributed by atoms with Gasteiger partial charge < -0.3 is 25.9 Å². The van der Waals surface area contributed by atoms with Crippen molar-refractivity contribution in [3.8, 4) is 0 Å². The van der Waals surface area contributed by atoms with E-state index in [0.29, 0.717) is 30.3 Å². The molecule has 2 aliphatic rings. The summed E-state index contributed by atoms with van der Waals surface area (Å²) >= 11 is 0. The van der Waals surface area contributed by atoms with Gasteiger partial charge in [0.1, 0.15) is 11.4 Å². The molecule has 1 aliphatic carbocycles. The molecule has 8 nitrogen and oxygen atoms in total. The van der Waals surface area contributed by atoms with Gasteiger partial charge in [-0.05, 0) is 37.0 Å². The molecule has 1 saturated heterocycles. The first-order valence-electron chi connectivity index (χ1n) is 10.2. The number of aromatic nitrogens is 2. The average molecular weight is 405 g/mol. The molecule has 30 heavy (non-hydrogen) atoms. The first kappa shape index (κ1) is 18.5. The molecule has 8 heteroatoms. The number of likely N-dealkylation sites (tertiary alicyclic amines) is 1. The Morgan fingerprint density at radius 1 is 1.07 bits per heavy atom. The molecule has 3 amide bonds. The van der Waals surface area contributed by atoms with E-state index in [1.165, 1.54) is 12.3 Å². The molecule has 2 atom stereocenters. The van der Waals surface area contributed by atoms with Crippen LogP contribution in [0.1, 0.15) is 44.2 Å². The number of hydrogen-bond acceptors (Lipinski definition) is 3. The zero-order valence-corrected chi connectivity index (χ0v) is 16.4. The maximum Gasteiger partial charge on any atom is 0.270 e. The lowest BCUT2D eigenvalue weighted by atomic mass is 9.98. The van der Waals surface area contributed by atoms with E-state index >= 15 is 0 Å². The number of benzene rings is 1. The van der Waals surface area contributed by atoms with E-state index in [0.717, 1.165) is 23.7 Å². The van der Waals surface area contributed by atoms with Gasteiger partial charge in [-0.25, -0.2) is 0 Å². The van der Waals surface area contributed by atoms with E-state index in [9.17, 15) is 14.4 Å². The molecular formula is C22H23N5O3. The molecule has 154 valence electrons. The van der Waals surface area contributed by atoms with Crippen LogP contribution in [0.4, 0.5) is 0 Å². The van der Waals surface area contributed by atoms with Gasteiger partial charge in [0.05, 0.1) is 11.6 Å². The number of para-hydroxylation sites is 1. The molecule has 0 spiro atoms. The Hall–Kier alpha value is -3.55. The molecule has 0 bridgehead atoms. The molecule has 1 aromatic carbocycles. The van der Waals surface area contributed by atoms with Crippen molar-refractivity contribution in [2.24, 2.45) is 17.6 Å². The summed E-state index contributed by atoms with van der Waals surface area (Å²) in [6.45, 7) is 1.09. The third-order valence-corrected chi connectivity index (χ3v) is 6.17.